The van der Waals surface area contributed by atoms with Crippen LogP contribution in [0.15, 0.2) is 107 Å². The number of pyridine rings is 1. The molecule has 9 heteroatoms. The third-order valence-electron chi connectivity index (χ3n) is 9.01. The Balaban J connectivity index is 0.941. The smallest absolute Gasteiger partial charge is 0.306 e. The molecule has 1 aliphatic rings. The molecular formula is C42H40ClN4O2S2+. The van der Waals surface area contributed by atoms with Crippen LogP contribution in [0.4, 0.5) is 11.4 Å². The van der Waals surface area contributed by atoms with E-state index in [2.05, 4.69) is 125 Å². The summed E-state index contributed by atoms with van der Waals surface area (Å²) in [4.78, 5) is 23.2. The van der Waals surface area contributed by atoms with Gasteiger partial charge >= 0.3 is 5.97 Å². The van der Waals surface area contributed by atoms with Crippen molar-refractivity contribution in [3.63, 3.8) is 0 Å². The number of esters is 1. The van der Waals surface area contributed by atoms with Gasteiger partial charge in [0.1, 0.15) is 5.01 Å². The highest BCUT2D eigenvalue weighted by Gasteiger charge is 2.26. The van der Waals surface area contributed by atoms with Crippen LogP contribution in [-0.2, 0) is 16.1 Å². The molecule has 0 saturated heterocycles. The molecule has 0 spiro atoms. The SMILES string of the molecule is CCN1/C(=C\c2ccc3cc(C)ccc3[n+]2CCOC(=O)CCCN(C)c2ccc(/C=C/c3nc4ccccc4s3)cc2)Sc2ccc(Cl)cc21. The predicted octanol–water partition coefficient (Wildman–Crippen LogP) is 10.3. The van der Waals surface area contributed by atoms with Crippen LogP contribution in [0, 0.1) is 6.92 Å². The number of benzene rings is 4. The average Bonchev–Trinajstić information content (AvgIpc) is 3.71. The zero-order valence-corrected chi connectivity index (χ0v) is 31.4. The molecule has 258 valence electrons. The van der Waals surface area contributed by atoms with Gasteiger partial charge in [-0.1, -0.05) is 65.3 Å². The number of rotatable bonds is 12. The zero-order valence-electron chi connectivity index (χ0n) is 29.0. The highest BCUT2D eigenvalue weighted by atomic mass is 35.5. The molecule has 0 N–H and O–H groups in total. The molecule has 51 heavy (non-hydrogen) atoms. The van der Waals surface area contributed by atoms with Crippen LogP contribution < -0.4 is 14.4 Å². The lowest BCUT2D eigenvalue weighted by atomic mass is 10.1. The largest absolute Gasteiger partial charge is 0.459 e. The van der Waals surface area contributed by atoms with Crippen molar-refractivity contribution < 1.29 is 14.1 Å². The number of hydrogen-bond acceptors (Lipinski definition) is 7. The number of halogens is 1. The third kappa shape index (κ3) is 8.14. The van der Waals surface area contributed by atoms with Gasteiger partial charge in [0, 0.05) is 65.8 Å². The van der Waals surface area contributed by atoms with Crippen molar-refractivity contribution in [1.29, 1.82) is 0 Å². The van der Waals surface area contributed by atoms with Gasteiger partial charge < -0.3 is 14.5 Å². The number of carbonyl (C=O) groups is 1. The van der Waals surface area contributed by atoms with Crippen molar-refractivity contribution in [2.24, 2.45) is 0 Å². The van der Waals surface area contributed by atoms with Gasteiger partial charge in [0.15, 0.2) is 13.2 Å². The fourth-order valence-electron chi connectivity index (χ4n) is 6.35. The van der Waals surface area contributed by atoms with E-state index in [0.29, 0.717) is 26.0 Å². The molecule has 0 atom stereocenters. The van der Waals surface area contributed by atoms with Crippen molar-refractivity contribution in [3.05, 3.63) is 129 Å². The molecule has 0 aliphatic carbocycles. The summed E-state index contributed by atoms with van der Waals surface area (Å²) in [6.07, 6.45) is 7.47. The number of thiazole rings is 1. The second kappa shape index (κ2) is 15.7. The van der Waals surface area contributed by atoms with Crippen molar-refractivity contribution in [1.82, 2.24) is 4.98 Å². The number of thioether (sulfide) groups is 1. The second-order valence-corrected chi connectivity index (χ2v) is 15.2. The van der Waals surface area contributed by atoms with Gasteiger partial charge in [-0.3, -0.25) is 4.79 Å². The maximum atomic E-state index is 12.9. The first-order chi connectivity index (χ1) is 24.8. The molecule has 0 bridgehead atoms. The minimum atomic E-state index is -0.175. The van der Waals surface area contributed by atoms with Gasteiger partial charge in [-0.25, -0.2) is 4.98 Å². The minimum Gasteiger partial charge on any atom is -0.459 e. The lowest BCUT2D eigenvalue weighted by molar-refractivity contribution is -0.674. The predicted molar refractivity (Wildman–Crippen MR) is 216 cm³/mol. The average molecular weight is 732 g/mol. The number of aryl methyl sites for hydroxylation is 1. The molecule has 0 amide bonds. The van der Waals surface area contributed by atoms with Crippen LogP contribution in [0.1, 0.15) is 41.6 Å². The molecule has 0 fully saturated rings. The van der Waals surface area contributed by atoms with Crippen molar-refractivity contribution in [3.8, 4) is 0 Å². The quantitative estimate of drug-likeness (QED) is 0.0923. The van der Waals surface area contributed by atoms with Gasteiger partial charge in [-0.15, -0.1) is 11.3 Å². The summed E-state index contributed by atoms with van der Waals surface area (Å²) in [5.74, 6) is -0.175. The molecule has 4 aromatic carbocycles. The van der Waals surface area contributed by atoms with E-state index in [-0.39, 0.29) is 5.97 Å². The topological polar surface area (TPSA) is 49.6 Å². The lowest BCUT2D eigenvalue weighted by Crippen LogP contribution is -2.40. The van der Waals surface area contributed by atoms with E-state index in [1.165, 1.54) is 15.2 Å². The van der Waals surface area contributed by atoms with E-state index < -0.39 is 0 Å². The molecule has 3 heterocycles. The Morgan fingerprint density at radius 2 is 1.84 bits per heavy atom. The summed E-state index contributed by atoms with van der Waals surface area (Å²) in [6, 6.07) is 33.5. The first-order valence-electron chi connectivity index (χ1n) is 17.2. The van der Waals surface area contributed by atoms with Crippen LogP contribution >= 0.6 is 34.7 Å². The molecule has 0 unspecified atom stereocenters. The number of fused-ring (bicyclic) bond motifs is 3. The number of hydrogen-bond donors (Lipinski definition) is 0. The maximum absolute atomic E-state index is 12.9. The van der Waals surface area contributed by atoms with Crippen LogP contribution in [0.3, 0.4) is 0 Å². The Morgan fingerprint density at radius 1 is 1.00 bits per heavy atom. The van der Waals surface area contributed by atoms with E-state index in [0.717, 1.165) is 67.2 Å². The van der Waals surface area contributed by atoms with Crippen molar-refractivity contribution in [2.45, 2.75) is 38.1 Å². The van der Waals surface area contributed by atoms with E-state index in [1.807, 2.05) is 30.3 Å². The molecule has 7 rings (SSSR count). The highest BCUT2D eigenvalue weighted by Crippen LogP contribution is 2.47. The van der Waals surface area contributed by atoms with E-state index in [4.69, 9.17) is 16.3 Å². The molecule has 6 nitrogen and oxygen atoms in total. The first-order valence-corrected chi connectivity index (χ1v) is 19.3. The Hall–Kier alpha value is -4.63. The summed E-state index contributed by atoms with van der Waals surface area (Å²) >= 11 is 9.79. The summed E-state index contributed by atoms with van der Waals surface area (Å²) in [5.41, 5.74) is 7.77. The zero-order chi connectivity index (χ0) is 35.3. The minimum absolute atomic E-state index is 0.175. The van der Waals surface area contributed by atoms with Gasteiger partial charge in [0.25, 0.3) is 0 Å². The fraction of sp³-hybridized carbons (Fsp3) is 0.214. The van der Waals surface area contributed by atoms with Crippen LogP contribution in [-0.4, -0.2) is 37.7 Å². The number of ether oxygens (including phenoxy) is 1. The summed E-state index contributed by atoms with van der Waals surface area (Å²) in [6.45, 7) is 6.70. The van der Waals surface area contributed by atoms with Gasteiger partial charge in [-0.05, 0) is 86.5 Å². The Morgan fingerprint density at radius 3 is 2.67 bits per heavy atom. The van der Waals surface area contributed by atoms with E-state index in [1.54, 1.807) is 23.1 Å². The molecule has 1 aliphatic heterocycles. The Labute approximate surface area is 312 Å². The molecule has 0 radical (unpaired) electrons. The number of carbonyl (C=O) groups excluding carboxylic acids is 1. The van der Waals surface area contributed by atoms with Crippen LogP contribution in [0.25, 0.3) is 39.3 Å². The van der Waals surface area contributed by atoms with Crippen molar-refractivity contribution in [2.75, 3.05) is 36.5 Å². The monoisotopic (exact) mass is 731 g/mol. The molecule has 0 saturated carbocycles. The standard InChI is InChI=1S/C42H40ClN4O2S2/c1-4-46-37-27-32(43)16-21-39(37)51-41(46)28-34-19-15-31-26-29(2)11-20-36(31)47(34)24-25-49-42(48)10-7-23-45(3)33-17-12-30(13-18-33)14-22-40-44-35-8-5-6-9-38(35)50-40/h5-6,8-9,11-22,26-28H,4,7,10,23-25H2,1-3H3/q+1/b22-14+. The third-order valence-corrected chi connectivity index (χ3v) is 11.4. The van der Waals surface area contributed by atoms with Crippen LogP contribution in [0.5, 0.6) is 0 Å². The number of para-hydroxylation sites is 1. The number of aromatic nitrogens is 2. The van der Waals surface area contributed by atoms with Crippen LogP contribution in [0.2, 0.25) is 5.02 Å². The normalized spacial score (nSPS) is 13.5. The molecular weight excluding hydrogens is 692 g/mol. The fourth-order valence-corrected chi connectivity index (χ4v) is 8.54. The summed E-state index contributed by atoms with van der Waals surface area (Å²) in [7, 11) is 2.06. The number of anilines is 2. The van der Waals surface area contributed by atoms with Gasteiger partial charge in [-0.2, -0.15) is 4.57 Å². The number of nitrogens with zero attached hydrogens (tertiary/aromatic N) is 4. The lowest BCUT2D eigenvalue weighted by Gasteiger charge is -2.19. The van der Waals surface area contributed by atoms with E-state index in [9.17, 15) is 4.79 Å². The maximum Gasteiger partial charge on any atom is 0.306 e. The summed E-state index contributed by atoms with van der Waals surface area (Å²) < 4.78 is 9.24. The van der Waals surface area contributed by atoms with E-state index >= 15 is 0 Å². The highest BCUT2D eigenvalue weighted by molar-refractivity contribution is 8.03. The van der Waals surface area contributed by atoms with Crippen molar-refractivity contribution >= 4 is 91.4 Å². The molecule has 6 aromatic rings. The second-order valence-electron chi connectivity index (χ2n) is 12.6. The Kier molecular flexibility index (Phi) is 10.7. The van der Waals surface area contributed by atoms with Gasteiger partial charge in [0.05, 0.1) is 20.9 Å². The van der Waals surface area contributed by atoms with Gasteiger partial charge in [0.2, 0.25) is 11.2 Å². The Bertz CT molecular complexity index is 2230. The summed E-state index contributed by atoms with van der Waals surface area (Å²) in [5, 5.41) is 4.03. The molecule has 2 aromatic heterocycles. The first kappa shape index (κ1) is 34.8.